The smallest absolute Gasteiger partial charge is 0.332 e. The van der Waals surface area contributed by atoms with E-state index in [9.17, 15) is 24.9 Å². The molecule has 7 N–H and O–H groups in total. The second kappa shape index (κ2) is 7.52. The number of imidazole rings is 1. The lowest BCUT2D eigenvalue weighted by Gasteiger charge is -2.16. The Morgan fingerprint density at radius 2 is 1.93 bits per heavy atom. The Balaban J connectivity index is 2.19. The van der Waals surface area contributed by atoms with E-state index in [0.717, 1.165) is 4.57 Å². The highest BCUT2D eigenvalue weighted by Gasteiger charge is 2.45. The van der Waals surface area contributed by atoms with Gasteiger partial charge in [0.05, 0.1) is 6.61 Å². The summed E-state index contributed by atoms with van der Waals surface area (Å²) in [5.41, 5.74) is 4.08. The van der Waals surface area contributed by atoms with Crippen LogP contribution in [0.4, 0.5) is 5.95 Å². The van der Waals surface area contributed by atoms with Crippen molar-refractivity contribution >= 4 is 17.1 Å². The third kappa shape index (κ3) is 3.16. The van der Waals surface area contributed by atoms with Gasteiger partial charge >= 0.3 is 5.69 Å². The van der Waals surface area contributed by atoms with Gasteiger partial charge in [-0.1, -0.05) is 0 Å². The van der Waals surface area contributed by atoms with Gasteiger partial charge in [0.2, 0.25) is 5.95 Å². The summed E-state index contributed by atoms with van der Waals surface area (Å²) in [6.45, 7) is 0.290. The number of hydrogen-bond acceptors (Lipinski definition) is 10. The topological polar surface area (TPSA) is 187 Å². The van der Waals surface area contributed by atoms with E-state index in [1.165, 1.54) is 4.57 Å². The van der Waals surface area contributed by atoms with Crippen molar-refractivity contribution in [2.45, 2.75) is 37.5 Å². The van der Waals surface area contributed by atoms with Crippen molar-refractivity contribution in [2.75, 3.05) is 38.8 Å². The SMILES string of the molecule is CN(C)CCCn1c(=O)n([C@@H]2O[C@H](CO)[C@@H](O)[C@H]2O)c2nc(N)n(N)c(=O)c21. The zero-order valence-corrected chi connectivity index (χ0v) is 15.6. The lowest BCUT2D eigenvalue weighted by Crippen LogP contribution is -2.36. The van der Waals surface area contributed by atoms with Crippen molar-refractivity contribution < 1.29 is 20.1 Å². The molecule has 0 amide bonds. The summed E-state index contributed by atoms with van der Waals surface area (Å²) in [6, 6.07) is 0. The lowest BCUT2D eigenvalue weighted by molar-refractivity contribution is -0.0528. The van der Waals surface area contributed by atoms with Gasteiger partial charge < -0.3 is 36.5 Å². The fraction of sp³-hybridized carbons (Fsp3) is 0.667. The highest BCUT2D eigenvalue weighted by atomic mass is 16.6. The molecule has 0 spiro atoms. The first-order chi connectivity index (χ1) is 13.2. The maximum absolute atomic E-state index is 13.1. The number of anilines is 1. The Bertz CT molecular complexity index is 980. The van der Waals surface area contributed by atoms with Gasteiger partial charge in [-0.15, -0.1) is 0 Å². The van der Waals surface area contributed by atoms with Gasteiger partial charge in [0.15, 0.2) is 17.4 Å². The number of rotatable bonds is 6. The number of nitrogens with two attached hydrogens (primary N) is 2. The summed E-state index contributed by atoms with van der Waals surface area (Å²) in [6.07, 6.45) is -4.82. The highest BCUT2D eigenvalue weighted by molar-refractivity contribution is 5.72. The first kappa shape index (κ1) is 20.3. The molecule has 13 nitrogen and oxygen atoms in total. The number of aromatic nitrogens is 4. The summed E-state index contributed by atoms with van der Waals surface area (Å²) >= 11 is 0. The molecule has 0 unspecified atom stereocenters. The zero-order valence-electron chi connectivity index (χ0n) is 15.6. The van der Waals surface area contributed by atoms with E-state index < -0.39 is 42.4 Å². The molecule has 1 aliphatic heterocycles. The Labute approximate surface area is 158 Å². The molecule has 2 aromatic heterocycles. The predicted octanol–water partition coefficient (Wildman–Crippen LogP) is -3.78. The van der Waals surface area contributed by atoms with Gasteiger partial charge in [-0.3, -0.25) is 9.36 Å². The molecule has 0 saturated carbocycles. The maximum atomic E-state index is 13.1. The Morgan fingerprint density at radius 3 is 2.50 bits per heavy atom. The average molecular weight is 399 g/mol. The number of aliphatic hydroxyl groups excluding tert-OH is 3. The standard InChI is InChI=1S/C15H25N7O6/c1-19(2)4-3-5-20-8-11(18-14(16)22(17)12(8)26)21(15(20)27)13-10(25)9(24)7(6-23)28-13/h7,9-10,13,23-25H,3-6,17H2,1-2H3,(H2,16,18)/t7-,9-,10-,13-/m1/s1. The number of aryl methyl sites for hydroxylation is 1. The molecule has 1 aliphatic rings. The van der Waals surface area contributed by atoms with Crippen LogP contribution in [0, 0.1) is 0 Å². The largest absolute Gasteiger partial charge is 0.394 e. The average Bonchev–Trinajstić information content (AvgIpc) is 3.07. The van der Waals surface area contributed by atoms with E-state index in [4.69, 9.17) is 16.3 Å². The number of nitrogens with zero attached hydrogens (tertiary/aromatic N) is 5. The number of hydrogen-bond donors (Lipinski definition) is 5. The molecule has 3 heterocycles. The van der Waals surface area contributed by atoms with E-state index in [0.29, 0.717) is 17.6 Å². The second-order valence-electron chi connectivity index (χ2n) is 7.01. The Hall–Kier alpha value is -2.45. The van der Waals surface area contributed by atoms with E-state index in [1.54, 1.807) is 0 Å². The minimum Gasteiger partial charge on any atom is -0.394 e. The van der Waals surface area contributed by atoms with Crippen LogP contribution in [-0.2, 0) is 11.3 Å². The minimum absolute atomic E-state index is 0.0850. The zero-order chi connectivity index (χ0) is 20.7. The van der Waals surface area contributed by atoms with E-state index in [1.807, 2.05) is 19.0 Å². The van der Waals surface area contributed by atoms with Crippen LogP contribution < -0.4 is 22.8 Å². The van der Waals surface area contributed by atoms with Crippen molar-refractivity contribution in [1.82, 2.24) is 23.7 Å². The number of nitrogen functional groups attached to an aromatic ring is 2. The molecule has 0 aliphatic carbocycles. The highest BCUT2D eigenvalue weighted by Crippen LogP contribution is 2.30. The molecule has 1 fully saturated rings. The fourth-order valence-electron chi connectivity index (χ4n) is 3.32. The molecule has 28 heavy (non-hydrogen) atoms. The summed E-state index contributed by atoms with van der Waals surface area (Å²) in [7, 11) is 3.75. The van der Waals surface area contributed by atoms with Gasteiger partial charge in [0.1, 0.15) is 18.3 Å². The number of aliphatic hydroxyl groups is 3. The molecule has 4 atom stereocenters. The van der Waals surface area contributed by atoms with Crippen LogP contribution in [0.25, 0.3) is 11.2 Å². The summed E-state index contributed by atoms with van der Waals surface area (Å²) < 4.78 is 8.24. The van der Waals surface area contributed by atoms with Crippen LogP contribution in [-0.4, -0.2) is 84.6 Å². The Morgan fingerprint density at radius 1 is 1.25 bits per heavy atom. The molecule has 0 radical (unpaired) electrons. The summed E-state index contributed by atoms with van der Waals surface area (Å²) in [5.74, 6) is 5.30. The predicted molar refractivity (Wildman–Crippen MR) is 99.0 cm³/mol. The van der Waals surface area contributed by atoms with Crippen LogP contribution in [0.3, 0.4) is 0 Å². The van der Waals surface area contributed by atoms with Crippen molar-refractivity contribution in [3.63, 3.8) is 0 Å². The van der Waals surface area contributed by atoms with Crippen molar-refractivity contribution in [3.05, 3.63) is 20.8 Å². The van der Waals surface area contributed by atoms with Crippen LogP contribution in [0.15, 0.2) is 9.59 Å². The van der Waals surface area contributed by atoms with Crippen molar-refractivity contribution in [3.8, 4) is 0 Å². The van der Waals surface area contributed by atoms with Gasteiger partial charge in [0, 0.05) is 6.54 Å². The van der Waals surface area contributed by atoms with Crippen molar-refractivity contribution in [2.24, 2.45) is 0 Å². The summed E-state index contributed by atoms with van der Waals surface area (Å²) in [4.78, 5) is 31.7. The van der Waals surface area contributed by atoms with Crippen molar-refractivity contribution in [1.29, 1.82) is 0 Å². The first-order valence-electron chi connectivity index (χ1n) is 8.74. The van der Waals surface area contributed by atoms with Crippen LogP contribution in [0.2, 0.25) is 0 Å². The third-order valence-electron chi connectivity index (χ3n) is 4.79. The van der Waals surface area contributed by atoms with Crippen LogP contribution in [0.1, 0.15) is 12.6 Å². The monoisotopic (exact) mass is 399 g/mol. The third-order valence-corrected chi connectivity index (χ3v) is 4.79. The van der Waals surface area contributed by atoms with E-state index in [-0.39, 0.29) is 23.7 Å². The molecule has 156 valence electrons. The second-order valence-corrected chi connectivity index (χ2v) is 7.01. The minimum atomic E-state index is -1.51. The Kier molecular flexibility index (Phi) is 5.45. The normalized spacial score (nSPS) is 25.2. The van der Waals surface area contributed by atoms with Gasteiger partial charge in [0.25, 0.3) is 5.56 Å². The first-order valence-corrected chi connectivity index (χ1v) is 8.74. The van der Waals surface area contributed by atoms with Crippen LogP contribution in [0.5, 0.6) is 0 Å². The molecule has 0 aromatic carbocycles. The van der Waals surface area contributed by atoms with Gasteiger partial charge in [-0.2, -0.15) is 9.66 Å². The fourth-order valence-corrected chi connectivity index (χ4v) is 3.32. The quantitative estimate of drug-likeness (QED) is 0.302. The van der Waals surface area contributed by atoms with E-state index in [2.05, 4.69) is 4.98 Å². The van der Waals surface area contributed by atoms with Crippen LogP contribution >= 0.6 is 0 Å². The molecule has 3 rings (SSSR count). The molecule has 13 heteroatoms. The lowest BCUT2D eigenvalue weighted by atomic mass is 10.1. The molecular weight excluding hydrogens is 374 g/mol. The number of ether oxygens (including phenoxy) is 1. The molecule has 2 aromatic rings. The van der Waals surface area contributed by atoms with Gasteiger partial charge in [-0.05, 0) is 27.1 Å². The molecule has 1 saturated heterocycles. The maximum Gasteiger partial charge on any atom is 0.332 e. The number of fused-ring (bicyclic) bond motifs is 1. The summed E-state index contributed by atoms with van der Waals surface area (Å²) in [5, 5.41) is 29.6. The molecule has 0 bridgehead atoms. The van der Waals surface area contributed by atoms with E-state index >= 15 is 0 Å². The molecular formula is C15H25N7O6. The van der Waals surface area contributed by atoms with Gasteiger partial charge in [-0.25, -0.2) is 9.36 Å².